The second-order valence-electron chi connectivity index (χ2n) is 6.68. The van der Waals surface area contributed by atoms with Crippen molar-refractivity contribution in [2.75, 3.05) is 37.7 Å². The molecular weight excluding hydrogens is 368 g/mol. The molecule has 29 heavy (non-hydrogen) atoms. The summed E-state index contributed by atoms with van der Waals surface area (Å²) in [4.78, 5) is 11.6. The molecule has 152 valence electrons. The van der Waals surface area contributed by atoms with Gasteiger partial charge < -0.3 is 20.3 Å². The number of ether oxygens (including phenoxy) is 1. The van der Waals surface area contributed by atoms with E-state index in [1.165, 1.54) is 0 Å². The van der Waals surface area contributed by atoms with E-state index in [1.807, 2.05) is 48.0 Å². The average Bonchev–Trinajstić information content (AvgIpc) is 3.20. The lowest BCUT2D eigenvalue weighted by molar-refractivity contribution is 0.122. The molecule has 0 aromatic carbocycles. The summed E-state index contributed by atoms with van der Waals surface area (Å²) in [5.41, 5.74) is 1.93. The average molecular weight is 394 g/mol. The first-order valence-corrected chi connectivity index (χ1v) is 9.92. The van der Waals surface area contributed by atoms with Crippen LogP contribution < -0.4 is 15.5 Å². The molecule has 0 bridgehead atoms. The summed E-state index contributed by atoms with van der Waals surface area (Å²) in [6.07, 6.45) is 3.79. The molecule has 0 atom stereocenters. The van der Waals surface area contributed by atoms with Crippen molar-refractivity contribution < 1.29 is 4.74 Å². The third-order valence-corrected chi connectivity index (χ3v) is 4.73. The van der Waals surface area contributed by atoms with Crippen LogP contribution in [0.4, 0.5) is 5.82 Å². The number of nitrogens with zero attached hydrogens (tertiary/aromatic N) is 6. The predicted octanol–water partition coefficient (Wildman–Crippen LogP) is 1.22. The summed E-state index contributed by atoms with van der Waals surface area (Å²) >= 11 is 0. The molecule has 0 amide bonds. The van der Waals surface area contributed by atoms with E-state index >= 15 is 0 Å². The molecule has 0 saturated carbocycles. The molecule has 1 aliphatic rings. The number of aromatic nitrogens is 4. The highest BCUT2D eigenvalue weighted by Crippen LogP contribution is 2.19. The predicted molar refractivity (Wildman–Crippen MR) is 112 cm³/mol. The Balaban J connectivity index is 1.46. The van der Waals surface area contributed by atoms with Crippen LogP contribution in [0.15, 0.2) is 47.7 Å². The van der Waals surface area contributed by atoms with Gasteiger partial charge in [-0.25, -0.2) is 9.98 Å². The molecule has 2 N–H and O–H groups in total. The number of anilines is 1. The van der Waals surface area contributed by atoms with E-state index in [9.17, 15) is 0 Å². The molecule has 1 saturated heterocycles. The van der Waals surface area contributed by atoms with E-state index < -0.39 is 0 Å². The third kappa shape index (κ3) is 4.62. The fourth-order valence-corrected chi connectivity index (χ4v) is 3.29. The number of rotatable bonds is 6. The highest BCUT2D eigenvalue weighted by molar-refractivity contribution is 5.79. The van der Waals surface area contributed by atoms with Crippen LogP contribution in [0.2, 0.25) is 0 Å². The zero-order chi connectivity index (χ0) is 19.9. The minimum Gasteiger partial charge on any atom is -0.378 e. The van der Waals surface area contributed by atoms with Crippen molar-refractivity contribution in [1.29, 1.82) is 0 Å². The van der Waals surface area contributed by atoms with Crippen LogP contribution in [-0.4, -0.2) is 58.4 Å². The minimum atomic E-state index is 0.528. The summed E-state index contributed by atoms with van der Waals surface area (Å²) in [6.45, 7) is 7.06. The number of nitrogens with one attached hydrogen (secondary N) is 2. The summed E-state index contributed by atoms with van der Waals surface area (Å²) in [6, 6.07) is 9.89. The second-order valence-corrected chi connectivity index (χ2v) is 6.68. The molecule has 4 rings (SSSR count). The fourth-order valence-electron chi connectivity index (χ4n) is 3.29. The summed E-state index contributed by atoms with van der Waals surface area (Å²) < 4.78 is 7.43. The van der Waals surface area contributed by atoms with E-state index in [1.54, 1.807) is 0 Å². The highest BCUT2D eigenvalue weighted by Gasteiger charge is 2.15. The van der Waals surface area contributed by atoms with Gasteiger partial charge in [0.2, 0.25) is 0 Å². The zero-order valence-corrected chi connectivity index (χ0v) is 16.6. The molecule has 9 nitrogen and oxygen atoms in total. The molecular formula is C20H26N8O. The number of fused-ring (bicyclic) bond motifs is 1. The Morgan fingerprint density at radius 2 is 2.03 bits per heavy atom. The maximum Gasteiger partial charge on any atom is 0.191 e. The van der Waals surface area contributed by atoms with Crippen LogP contribution in [0, 0.1) is 0 Å². The van der Waals surface area contributed by atoms with Crippen LogP contribution in [0.5, 0.6) is 0 Å². The molecule has 3 aromatic rings. The largest absolute Gasteiger partial charge is 0.378 e. The van der Waals surface area contributed by atoms with E-state index in [2.05, 4.69) is 36.8 Å². The maximum absolute atomic E-state index is 5.46. The highest BCUT2D eigenvalue weighted by atomic mass is 16.5. The quantitative estimate of drug-likeness (QED) is 0.480. The van der Waals surface area contributed by atoms with Crippen LogP contribution >= 0.6 is 0 Å². The number of hydrogen-bond acceptors (Lipinski definition) is 6. The van der Waals surface area contributed by atoms with Gasteiger partial charge in [0.15, 0.2) is 17.4 Å². The van der Waals surface area contributed by atoms with Crippen LogP contribution in [0.25, 0.3) is 5.65 Å². The number of hydrogen-bond donors (Lipinski definition) is 2. The van der Waals surface area contributed by atoms with Crippen LogP contribution in [0.1, 0.15) is 18.3 Å². The Morgan fingerprint density at radius 1 is 1.14 bits per heavy atom. The van der Waals surface area contributed by atoms with Gasteiger partial charge in [-0.1, -0.05) is 12.1 Å². The summed E-state index contributed by atoms with van der Waals surface area (Å²) in [5, 5.41) is 15.1. The van der Waals surface area contributed by atoms with Crippen molar-refractivity contribution in [1.82, 2.24) is 30.2 Å². The molecule has 0 aliphatic carbocycles. The second kappa shape index (κ2) is 9.33. The maximum atomic E-state index is 5.46. The fraction of sp³-hybridized carbons (Fsp3) is 0.400. The van der Waals surface area contributed by atoms with Gasteiger partial charge in [0.1, 0.15) is 5.82 Å². The van der Waals surface area contributed by atoms with Gasteiger partial charge in [0, 0.05) is 37.6 Å². The first kappa shape index (κ1) is 19.1. The number of guanidine groups is 1. The standard InChI is InChI=1S/C20H26N8O/c1-2-21-20(24-15-18-26-25-17-7-3-4-9-28(17)18)23-14-16-6-5-8-22-19(16)27-10-12-29-13-11-27/h3-9H,2,10-15H2,1H3,(H2,21,23,24). The lowest BCUT2D eigenvalue weighted by Gasteiger charge is -2.29. The molecule has 4 heterocycles. The van der Waals surface area contributed by atoms with Gasteiger partial charge >= 0.3 is 0 Å². The van der Waals surface area contributed by atoms with Crippen LogP contribution in [-0.2, 0) is 17.8 Å². The first-order valence-electron chi connectivity index (χ1n) is 9.92. The van der Waals surface area contributed by atoms with E-state index in [4.69, 9.17) is 9.73 Å². The Kier molecular flexibility index (Phi) is 6.16. The molecule has 1 aliphatic heterocycles. The van der Waals surface area contributed by atoms with Crippen molar-refractivity contribution >= 4 is 17.4 Å². The van der Waals surface area contributed by atoms with E-state index in [0.29, 0.717) is 13.1 Å². The molecule has 9 heteroatoms. The number of morpholine rings is 1. The molecule has 1 fully saturated rings. The summed E-state index contributed by atoms with van der Waals surface area (Å²) in [7, 11) is 0. The van der Waals surface area contributed by atoms with Crippen molar-refractivity contribution in [3.05, 3.63) is 54.1 Å². The molecule has 0 radical (unpaired) electrons. The molecule has 0 spiro atoms. The smallest absolute Gasteiger partial charge is 0.191 e. The SMILES string of the molecule is CCNC(=NCc1cccnc1N1CCOCC1)NCc1nnc2ccccn12. The third-order valence-electron chi connectivity index (χ3n) is 4.73. The van der Waals surface area contributed by atoms with Gasteiger partial charge in [-0.15, -0.1) is 10.2 Å². The lowest BCUT2D eigenvalue weighted by atomic mass is 10.2. The Morgan fingerprint density at radius 3 is 2.90 bits per heavy atom. The number of aliphatic imine (C=N–C) groups is 1. The Labute approximate surface area is 169 Å². The van der Waals surface area contributed by atoms with Crippen molar-refractivity contribution in [2.24, 2.45) is 4.99 Å². The summed E-state index contributed by atoms with van der Waals surface area (Å²) in [5.74, 6) is 2.55. The van der Waals surface area contributed by atoms with Crippen molar-refractivity contribution in [2.45, 2.75) is 20.0 Å². The molecule has 0 unspecified atom stereocenters. The van der Waals surface area contributed by atoms with Gasteiger partial charge in [0.05, 0.1) is 26.3 Å². The van der Waals surface area contributed by atoms with E-state index in [0.717, 1.165) is 61.7 Å². The Hall–Kier alpha value is -3.20. The minimum absolute atomic E-state index is 0.528. The van der Waals surface area contributed by atoms with Gasteiger partial charge in [-0.3, -0.25) is 4.40 Å². The van der Waals surface area contributed by atoms with Crippen LogP contribution in [0.3, 0.4) is 0 Å². The van der Waals surface area contributed by atoms with Crippen molar-refractivity contribution in [3.63, 3.8) is 0 Å². The zero-order valence-electron chi connectivity index (χ0n) is 16.6. The van der Waals surface area contributed by atoms with Gasteiger partial charge in [-0.2, -0.15) is 0 Å². The normalized spacial score (nSPS) is 14.9. The van der Waals surface area contributed by atoms with Gasteiger partial charge in [-0.05, 0) is 25.1 Å². The molecule has 3 aromatic heterocycles. The number of pyridine rings is 2. The van der Waals surface area contributed by atoms with Gasteiger partial charge in [0.25, 0.3) is 0 Å². The van der Waals surface area contributed by atoms with E-state index in [-0.39, 0.29) is 0 Å². The monoisotopic (exact) mass is 394 g/mol. The topological polar surface area (TPSA) is 92.0 Å². The lowest BCUT2D eigenvalue weighted by Crippen LogP contribution is -2.38. The Bertz CT molecular complexity index is 964. The first-order chi connectivity index (χ1) is 14.3. The van der Waals surface area contributed by atoms with Crippen molar-refractivity contribution in [3.8, 4) is 0 Å².